The first-order valence-corrected chi connectivity index (χ1v) is 7.58. The second kappa shape index (κ2) is 5.36. The maximum Gasteiger partial charge on any atom is 0.222 e. The number of hydrogen-bond donors (Lipinski definition) is 0. The van der Waals surface area contributed by atoms with Gasteiger partial charge in [0.1, 0.15) is 11.3 Å². The Hall–Kier alpha value is -1.69. The van der Waals surface area contributed by atoms with Gasteiger partial charge in [0, 0.05) is 32.6 Å². The van der Waals surface area contributed by atoms with Crippen LogP contribution in [0, 0.1) is 5.82 Å². The van der Waals surface area contributed by atoms with E-state index in [4.69, 9.17) is 0 Å². The maximum atomic E-state index is 13.7. The van der Waals surface area contributed by atoms with Gasteiger partial charge in [-0.25, -0.2) is 9.37 Å². The topological polar surface area (TPSA) is 36.4 Å². The quantitative estimate of drug-likeness (QED) is 0.853. The molecule has 0 saturated carbocycles. The van der Waals surface area contributed by atoms with Crippen LogP contribution >= 0.6 is 11.3 Å². The van der Waals surface area contributed by atoms with Gasteiger partial charge >= 0.3 is 0 Å². The molecule has 0 unspecified atom stereocenters. The Kier molecular flexibility index (Phi) is 3.56. The number of para-hydroxylation sites is 1. The SMILES string of the molecule is CCC(=O)N1CCN(c2nc3c(F)cccc3s2)CC1. The highest BCUT2D eigenvalue weighted by Gasteiger charge is 2.22. The minimum absolute atomic E-state index is 0.194. The van der Waals surface area contributed by atoms with Gasteiger partial charge in [-0.1, -0.05) is 24.3 Å². The monoisotopic (exact) mass is 293 g/mol. The van der Waals surface area contributed by atoms with Crippen molar-refractivity contribution in [2.75, 3.05) is 31.1 Å². The molecule has 1 aromatic carbocycles. The summed E-state index contributed by atoms with van der Waals surface area (Å²) in [5.74, 6) is -0.0789. The number of nitrogens with zero attached hydrogens (tertiary/aromatic N) is 3. The first kappa shape index (κ1) is 13.3. The predicted molar refractivity (Wildman–Crippen MR) is 78.7 cm³/mol. The van der Waals surface area contributed by atoms with E-state index >= 15 is 0 Å². The van der Waals surface area contributed by atoms with Crippen molar-refractivity contribution in [3.63, 3.8) is 0 Å². The lowest BCUT2D eigenvalue weighted by molar-refractivity contribution is -0.131. The molecule has 2 aromatic rings. The van der Waals surface area contributed by atoms with Gasteiger partial charge < -0.3 is 9.80 Å². The fourth-order valence-electron chi connectivity index (χ4n) is 2.41. The number of amides is 1. The Labute approximate surface area is 120 Å². The Morgan fingerprint density at radius 1 is 1.35 bits per heavy atom. The van der Waals surface area contributed by atoms with Crippen molar-refractivity contribution in [1.29, 1.82) is 0 Å². The highest BCUT2D eigenvalue weighted by molar-refractivity contribution is 7.22. The first-order chi connectivity index (χ1) is 9.69. The number of fused-ring (bicyclic) bond motifs is 1. The van der Waals surface area contributed by atoms with Crippen LogP contribution in [-0.2, 0) is 4.79 Å². The van der Waals surface area contributed by atoms with Crippen molar-refractivity contribution in [3.05, 3.63) is 24.0 Å². The van der Waals surface area contributed by atoms with Gasteiger partial charge in [-0.15, -0.1) is 0 Å². The van der Waals surface area contributed by atoms with E-state index in [1.54, 1.807) is 6.07 Å². The first-order valence-electron chi connectivity index (χ1n) is 6.77. The molecule has 1 aliphatic rings. The standard InChI is InChI=1S/C14H16FN3OS/c1-2-12(19)17-6-8-18(9-7-17)14-16-13-10(15)4-3-5-11(13)20-14/h3-5H,2,6-9H2,1H3. The van der Waals surface area contributed by atoms with Gasteiger partial charge in [-0.05, 0) is 12.1 Å². The lowest BCUT2D eigenvalue weighted by Crippen LogP contribution is -2.48. The molecule has 20 heavy (non-hydrogen) atoms. The summed E-state index contributed by atoms with van der Waals surface area (Å²) in [6.07, 6.45) is 0.548. The lowest BCUT2D eigenvalue weighted by atomic mass is 10.3. The zero-order chi connectivity index (χ0) is 14.1. The molecule has 6 heteroatoms. The number of aromatic nitrogens is 1. The molecular formula is C14H16FN3OS. The van der Waals surface area contributed by atoms with Crippen LogP contribution in [-0.4, -0.2) is 42.0 Å². The predicted octanol–water partition coefficient (Wildman–Crippen LogP) is 2.49. The second-order valence-electron chi connectivity index (χ2n) is 4.80. The van der Waals surface area contributed by atoms with Gasteiger partial charge in [-0.3, -0.25) is 4.79 Å². The van der Waals surface area contributed by atoms with Crippen molar-refractivity contribution in [2.45, 2.75) is 13.3 Å². The van der Waals surface area contributed by atoms with Gasteiger partial charge in [0.25, 0.3) is 0 Å². The third-order valence-corrected chi connectivity index (χ3v) is 4.65. The molecule has 0 radical (unpaired) electrons. The molecule has 1 aliphatic heterocycles. The van der Waals surface area contributed by atoms with Crippen LogP contribution in [0.5, 0.6) is 0 Å². The second-order valence-corrected chi connectivity index (χ2v) is 5.81. The Morgan fingerprint density at radius 3 is 2.75 bits per heavy atom. The molecule has 1 aromatic heterocycles. The van der Waals surface area contributed by atoms with Crippen molar-refractivity contribution in [3.8, 4) is 0 Å². The molecule has 1 saturated heterocycles. The molecule has 0 atom stereocenters. The normalized spacial score (nSPS) is 15.9. The summed E-state index contributed by atoms with van der Waals surface area (Å²) < 4.78 is 14.5. The third-order valence-electron chi connectivity index (χ3n) is 3.56. The van der Waals surface area contributed by atoms with Gasteiger partial charge in [-0.2, -0.15) is 0 Å². The number of carbonyl (C=O) groups excluding carboxylic acids is 1. The number of hydrogen-bond acceptors (Lipinski definition) is 4. The van der Waals surface area contributed by atoms with Gasteiger partial charge in [0.15, 0.2) is 5.13 Å². The van der Waals surface area contributed by atoms with Gasteiger partial charge in [0.2, 0.25) is 5.91 Å². The van der Waals surface area contributed by atoms with Crippen LogP contribution in [0.4, 0.5) is 9.52 Å². The molecule has 1 fully saturated rings. The minimum Gasteiger partial charge on any atom is -0.345 e. The number of anilines is 1. The van der Waals surface area contributed by atoms with E-state index in [0.29, 0.717) is 25.0 Å². The van der Waals surface area contributed by atoms with E-state index in [9.17, 15) is 9.18 Å². The van der Waals surface area contributed by atoms with Crippen LogP contribution in [0.15, 0.2) is 18.2 Å². The molecule has 3 rings (SSSR count). The zero-order valence-corrected chi connectivity index (χ0v) is 12.1. The van der Waals surface area contributed by atoms with Crippen molar-refractivity contribution >= 4 is 32.6 Å². The van der Waals surface area contributed by atoms with E-state index in [1.807, 2.05) is 17.9 Å². The summed E-state index contributed by atoms with van der Waals surface area (Å²) in [7, 11) is 0. The molecule has 0 N–H and O–H groups in total. The smallest absolute Gasteiger partial charge is 0.222 e. The molecule has 0 aliphatic carbocycles. The zero-order valence-electron chi connectivity index (χ0n) is 11.3. The summed E-state index contributed by atoms with van der Waals surface area (Å²) >= 11 is 1.50. The Balaban J connectivity index is 1.77. The lowest BCUT2D eigenvalue weighted by Gasteiger charge is -2.34. The fraction of sp³-hybridized carbons (Fsp3) is 0.429. The highest BCUT2D eigenvalue weighted by Crippen LogP contribution is 2.30. The number of benzene rings is 1. The van der Waals surface area contributed by atoms with Crippen LogP contribution < -0.4 is 4.90 Å². The molecule has 0 bridgehead atoms. The number of thiazole rings is 1. The Morgan fingerprint density at radius 2 is 2.10 bits per heavy atom. The largest absolute Gasteiger partial charge is 0.345 e. The minimum atomic E-state index is -0.273. The van der Waals surface area contributed by atoms with Crippen molar-refractivity contribution in [2.24, 2.45) is 0 Å². The van der Waals surface area contributed by atoms with Crippen LogP contribution in [0.3, 0.4) is 0 Å². The average molecular weight is 293 g/mol. The number of rotatable bonds is 2. The van der Waals surface area contributed by atoms with Gasteiger partial charge in [0.05, 0.1) is 4.70 Å². The third kappa shape index (κ3) is 2.35. The highest BCUT2D eigenvalue weighted by atomic mass is 32.1. The summed E-state index contributed by atoms with van der Waals surface area (Å²) in [6, 6.07) is 5.03. The Bertz CT molecular complexity index is 634. The van der Waals surface area contributed by atoms with Crippen molar-refractivity contribution < 1.29 is 9.18 Å². The number of piperazine rings is 1. The van der Waals surface area contributed by atoms with Crippen molar-refractivity contribution in [1.82, 2.24) is 9.88 Å². The number of carbonyl (C=O) groups is 1. The van der Waals surface area contributed by atoms with E-state index in [1.165, 1.54) is 17.4 Å². The molecule has 106 valence electrons. The molecule has 2 heterocycles. The van der Waals surface area contributed by atoms with Crippen LogP contribution in [0.2, 0.25) is 0 Å². The van der Waals surface area contributed by atoms with Crippen LogP contribution in [0.25, 0.3) is 10.2 Å². The molecule has 1 amide bonds. The summed E-state index contributed by atoms with van der Waals surface area (Å²) in [6.45, 7) is 4.82. The van der Waals surface area contributed by atoms with Crippen LogP contribution in [0.1, 0.15) is 13.3 Å². The molecular weight excluding hydrogens is 277 g/mol. The molecule has 4 nitrogen and oxygen atoms in total. The van der Waals surface area contributed by atoms with E-state index in [2.05, 4.69) is 9.88 Å². The summed E-state index contributed by atoms with van der Waals surface area (Å²) in [4.78, 5) is 20.0. The number of halogens is 1. The fourth-order valence-corrected chi connectivity index (χ4v) is 3.44. The molecule has 0 spiro atoms. The maximum absolute atomic E-state index is 13.7. The van der Waals surface area contributed by atoms with E-state index in [0.717, 1.165) is 22.9 Å². The average Bonchev–Trinajstić information content (AvgIpc) is 2.92. The summed E-state index contributed by atoms with van der Waals surface area (Å²) in [5.41, 5.74) is 0.444. The summed E-state index contributed by atoms with van der Waals surface area (Å²) in [5, 5.41) is 0.841. The van der Waals surface area contributed by atoms with E-state index < -0.39 is 0 Å². The van der Waals surface area contributed by atoms with E-state index in [-0.39, 0.29) is 11.7 Å².